The zero-order chi connectivity index (χ0) is 6.69. The molecule has 1 aliphatic carbocycles. The topological polar surface area (TPSA) is 17.1 Å². The Labute approximate surface area is 59.7 Å². The Balaban J connectivity index is 2.51. The van der Waals surface area contributed by atoms with Gasteiger partial charge in [-0.2, -0.15) is 0 Å². The second-order valence-electron chi connectivity index (χ2n) is 2.18. The normalized spacial score (nSPS) is 17.7. The maximum Gasteiger partial charge on any atom is 0.173 e. The van der Waals surface area contributed by atoms with Gasteiger partial charge in [-0.1, -0.05) is 6.08 Å². The molecule has 0 radical (unpaired) electrons. The molecule has 1 aliphatic rings. The molecule has 0 aromatic carbocycles. The molecule has 0 aromatic heterocycles. The monoisotopic (exact) mass is 144 g/mol. The summed E-state index contributed by atoms with van der Waals surface area (Å²) in [6.07, 6.45) is 5.10. The molecule has 0 fully saturated rings. The predicted molar refractivity (Wildman–Crippen MR) is 37.7 cm³/mol. The van der Waals surface area contributed by atoms with Crippen LogP contribution in [-0.2, 0) is 4.79 Å². The fourth-order valence-electron chi connectivity index (χ4n) is 1.01. The van der Waals surface area contributed by atoms with E-state index in [1.807, 2.05) is 6.08 Å². The van der Waals surface area contributed by atoms with E-state index in [4.69, 9.17) is 11.6 Å². The Morgan fingerprint density at radius 1 is 1.78 bits per heavy atom. The molecule has 0 unspecified atom stereocenters. The van der Waals surface area contributed by atoms with E-state index in [1.165, 1.54) is 0 Å². The first-order valence-electron chi connectivity index (χ1n) is 3.13. The summed E-state index contributed by atoms with van der Waals surface area (Å²) in [7, 11) is 0. The Morgan fingerprint density at radius 3 is 3.00 bits per heavy atom. The van der Waals surface area contributed by atoms with Gasteiger partial charge in [0.05, 0.1) is 5.88 Å². The first kappa shape index (κ1) is 6.81. The van der Waals surface area contributed by atoms with Gasteiger partial charge < -0.3 is 0 Å². The minimum atomic E-state index is 0.106. The summed E-state index contributed by atoms with van der Waals surface area (Å²) in [4.78, 5) is 10.8. The van der Waals surface area contributed by atoms with Crippen LogP contribution in [0.1, 0.15) is 19.3 Å². The maximum absolute atomic E-state index is 10.8. The zero-order valence-corrected chi connectivity index (χ0v) is 5.95. The third-order valence-electron chi connectivity index (χ3n) is 1.52. The summed E-state index contributed by atoms with van der Waals surface area (Å²) in [5, 5.41) is 0. The van der Waals surface area contributed by atoms with Crippen molar-refractivity contribution in [3.05, 3.63) is 11.6 Å². The highest BCUT2D eigenvalue weighted by molar-refractivity contribution is 6.30. The van der Waals surface area contributed by atoms with E-state index in [0.717, 1.165) is 24.8 Å². The number of hydrogen-bond donors (Lipinski definition) is 0. The standard InChI is InChI=1S/C7H9ClO/c8-5-7(9)6-3-1-2-4-6/h3H,1-2,4-5H2. The van der Waals surface area contributed by atoms with Crippen LogP contribution < -0.4 is 0 Å². The third kappa shape index (κ3) is 1.55. The lowest BCUT2D eigenvalue weighted by molar-refractivity contribution is -0.113. The summed E-state index contributed by atoms with van der Waals surface area (Å²) in [5.74, 6) is 0.250. The van der Waals surface area contributed by atoms with Crippen LogP contribution in [0.2, 0.25) is 0 Å². The van der Waals surface area contributed by atoms with E-state index in [-0.39, 0.29) is 11.7 Å². The van der Waals surface area contributed by atoms with E-state index in [9.17, 15) is 4.79 Å². The van der Waals surface area contributed by atoms with Crippen LogP contribution >= 0.6 is 11.6 Å². The lowest BCUT2D eigenvalue weighted by Gasteiger charge is -1.92. The highest BCUT2D eigenvalue weighted by atomic mass is 35.5. The molecule has 50 valence electrons. The van der Waals surface area contributed by atoms with Gasteiger partial charge in [-0.25, -0.2) is 0 Å². The van der Waals surface area contributed by atoms with Gasteiger partial charge in [-0.05, 0) is 24.8 Å². The number of alkyl halides is 1. The number of hydrogen-bond acceptors (Lipinski definition) is 1. The molecule has 0 saturated heterocycles. The summed E-state index contributed by atoms with van der Waals surface area (Å²) in [5.41, 5.74) is 0.935. The van der Waals surface area contributed by atoms with Gasteiger partial charge in [0.25, 0.3) is 0 Å². The van der Waals surface area contributed by atoms with E-state index in [0.29, 0.717) is 0 Å². The second kappa shape index (κ2) is 3.02. The van der Waals surface area contributed by atoms with E-state index < -0.39 is 0 Å². The SMILES string of the molecule is O=C(CCl)C1=CCCC1. The Kier molecular flexibility index (Phi) is 2.29. The molecule has 0 amide bonds. The van der Waals surface area contributed by atoms with Gasteiger partial charge >= 0.3 is 0 Å². The zero-order valence-electron chi connectivity index (χ0n) is 5.19. The van der Waals surface area contributed by atoms with E-state index in [2.05, 4.69) is 0 Å². The molecule has 1 rings (SSSR count). The summed E-state index contributed by atoms with van der Waals surface area (Å²) < 4.78 is 0. The Hall–Kier alpha value is -0.300. The first-order chi connectivity index (χ1) is 4.34. The van der Waals surface area contributed by atoms with Crippen LogP contribution in [0.15, 0.2) is 11.6 Å². The molecule has 1 nitrogen and oxygen atoms in total. The van der Waals surface area contributed by atoms with Crippen molar-refractivity contribution in [3.63, 3.8) is 0 Å². The largest absolute Gasteiger partial charge is 0.293 e. The fraction of sp³-hybridized carbons (Fsp3) is 0.571. The molecule has 0 N–H and O–H groups in total. The average molecular weight is 145 g/mol. The van der Waals surface area contributed by atoms with Crippen LogP contribution in [0.25, 0.3) is 0 Å². The molecule has 2 heteroatoms. The highest BCUT2D eigenvalue weighted by Crippen LogP contribution is 2.18. The lowest BCUT2D eigenvalue weighted by atomic mass is 10.2. The van der Waals surface area contributed by atoms with Crippen molar-refractivity contribution in [1.82, 2.24) is 0 Å². The number of rotatable bonds is 2. The summed E-state index contributed by atoms with van der Waals surface area (Å²) in [6.45, 7) is 0. The van der Waals surface area contributed by atoms with Gasteiger partial charge in [-0.3, -0.25) is 4.79 Å². The van der Waals surface area contributed by atoms with Gasteiger partial charge in [0.2, 0.25) is 0 Å². The molecular formula is C7H9ClO. The van der Waals surface area contributed by atoms with Crippen molar-refractivity contribution in [2.75, 3.05) is 5.88 Å². The molecule has 0 atom stereocenters. The molecule has 9 heavy (non-hydrogen) atoms. The van der Waals surface area contributed by atoms with Crippen molar-refractivity contribution in [3.8, 4) is 0 Å². The Bertz CT molecular complexity index is 149. The van der Waals surface area contributed by atoms with Crippen molar-refractivity contribution < 1.29 is 4.79 Å². The number of ketones is 1. The number of allylic oxidation sites excluding steroid dienone is 2. The quantitative estimate of drug-likeness (QED) is 0.541. The summed E-state index contributed by atoms with van der Waals surface area (Å²) in [6, 6.07) is 0. The Morgan fingerprint density at radius 2 is 2.56 bits per heavy atom. The van der Waals surface area contributed by atoms with Gasteiger partial charge in [0.1, 0.15) is 0 Å². The lowest BCUT2D eigenvalue weighted by Crippen LogP contribution is -2.00. The van der Waals surface area contributed by atoms with Gasteiger partial charge in [0, 0.05) is 0 Å². The van der Waals surface area contributed by atoms with Crippen LogP contribution in [-0.4, -0.2) is 11.7 Å². The van der Waals surface area contributed by atoms with Crippen molar-refractivity contribution in [1.29, 1.82) is 0 Å². The van der Waals surface area contributed by atoms with Crippen molar-refractivity contribution in [2.24, 2.45) is 0 Å². The fourth-order valence-corrected chi connectivity index (χ4v) is 1.18. The minimum absolute atomic E-state index is 0.106. The molecule has 0 saturated carbocycles. The predicted octanol–water partition coefficient (Wildman–Crippen LogP) is 1.90. The van der Waals surface area contributed by atoms with Gasteiger partial charge in [-0.15, -0.1) is 11.6 Å². The molecule has 0 spiro atoms. The second-order valence-corrected chi connectivity index (χ2v) is 2.45. The third-order valence-corrected chi connectivity index (χ3v) is 1.76. The molecule has 0 heterocycles. The number of halogens is 1. The van der Waals surface area contributed by atoms with Crippen molar-refractivity contribution >= 4 is 17.4 Å². The van der Waals surface area contributed by atoms with Gasteiger partial charge in [0.15, 0.2) is 5.78 Å². The maximum atomic E-state index is 10.8. The number of Topliss-reactive ketones (excluding diaryl/α,β-unsaturated/α-hetero) is 1. The van der Waals surface area contributed by atoms with Crippen molar-refractivity contribution in [2.45, 2.75) is 19.3 Å². The van der Waals surface area contributed by atoms with Crippen LogP contribution in [0.3, 0.4) is 0 Å². The minimum Gasteiger partial charge on any atom is -0.293 e. The van der Waals surface area contributed by atoms with Crippen LogP contribution in [0.4, 0.5) is 0 Å². The smallest absolute Gasteiger partial charge is 0.173 e. The molecule has 0 aromatic rings. The highest BCUT2D eigenvalue weighted by Gasteiger charge is 2.10. The first-order valence-corrected chi connectivity index (χ1v) is 3.66. The molecule has 0 aliphatic heterocycles. The van der Waals surface area contributed by atoms with Crippen LogP contribution in [0, 0.1) is 0 Å². The van der Waals surface area contributed by atoms with Crippen LogP contribution in [0.5, 0.6) is 0 Å². The molecular weight excluding hydrogens is 136 g/mol. The average Bonchev–Trinajstić information content (AvgIpc) is 2.37. The summed E-state index contributed by atoms with van der Waals surface area (Å²) >= 11 is 5.34. The molecule has 0 bridgehead atoms. The van der Waals surface area contributed by atoms with E-state index in [1.54, 1.807) is 0 Å². The number of carbonyl (C=O) groups is 1. The van der Waals surface area contributed by atoms with E-state index >= 15 is 0 Å². The number of carbonyl (C=O) groups excluding carboxylic acids is 1.